The van der Waals surface area contributed by atoms with Gasteiger partial charge in [-0.05, 0) is 6.26 Å². The summed E-state index contributed by atoms with van der Waals surface area (Å²) in [4.78, 5) is 8.52. The molecule has 1 unspecified atom stereocenters. The van der Waals surface area contributed by atoms with Gasteiger partial charge in [0.1, 0.15) is 11.6 Å². The number of rotatable bonds is 5. The normalized spacial score (nSPS) is 19.6. The van der Waals surface area contributed by atoms with Crippen molar-refractivity contribution in [3.05, 3.63) is 6.07 Å². The number of hydrogen-bond acceptors (Lipinski definition) is 8. The molecule has 1 aliphatic heterocycles. The molecule has 2 rings (SSSR count). The fraction of sp³-hybridized carbons (Fsp3) is 0.600. The summed E-state index contributed by atoms with van der Waals surface area (Å²) in [5.74, 6) is 6.66. The summed E-state index contributed by atoms with van der Waals surface area (Å²) in [6.45, 7) is 2.56. The number of thioether (sulfide) groups is 1. The molecule has 1 fully saturated rings. The Morgan fingerprint density at radius 3 is 2.94 bits per heavy atom. The number of ether oxygens (including phenoxy) is 2. The van der Waals surface area contributed by atoms with Gasteiger partial charge in [-0.15, -0.1) is 0 Å². The Morgan fingerprint density at radius 2 is 2.28 bits per heavy atom. The van der Waals surface area contributed by atoms with Crippen LogP contribution >= 0.6 is 11.8 Å². The molecule has 0 amide bonds. The number of hydrogen-bond donors (Lipinski definition) is 3. The Morgan fingerprint density at radius 1 is 1.44 bits per heavy atom. The van der Waals surface area contributed by atoms with Gasteiger partial charge in [-0.2, -0.15) is 0 Å². The van der Waals surface area contributed by atoms with Crippen LogP contribution in [-0.4, -0.2) is 48.7 Å². The van der Waals surface area contributed by atoms with E-state index in [1.54, 1.807) is 6.07 Å². The van der Waals surface area contributed by atoms with Gasteiger partial charge in [-0.1, -0.05) is 11.8 Å². The third-order valence-electron chi connectivity index (χ3n) is 2.43. The molecule has 18 heavy (non-hydrogen) atoms. The molecule has 1 aliphatic rings. The van der Waals surface area contributed by atoms with Crippen LogP contribution in [-0.2, 0) is 9.47 Å². The standard InChI is InChI=1S/C10H17N5O2S/c1-18-10-13-8(4-9(14-10)15-11)12-5-7-6-16-2-3-17-7/h4,7H,2-3,5-6,11H2,1H3,(H2,12,13,14,15). The molecule has 1 atom stereocenters. The van der Waals surface area contributed by atoms with E-state index in [2.05, 4.69) is 20.7 Å². The van der Waals surface area contributed by atoms with E-state index in [0.29, 0.717) is 37.3 Å². The molecular weight excluding hydrogens is 254 g/mol. The lowest BCUT2D eigenvalue weighted by molar-refractivity contribution is -0.0819. The third kappa shape index (κ3) is 3.70. The van der Waals surface area contributed by atoms with Crippen LogP contribution in [0.2, 0.25) is 0 Å². The third-order valence-corrected chi connectivity index (χ3v) is 2.98. The maximum atomic E-state index is 5.54. The second-order valence-corrected chi connectivity index (χ2v) is 4.49. The highest BCUT2D eigenvalue weighted by Crippen LogP contribution is 2.16. The summed E-state index contributed by atoms with van der Waals surface area (Å²) in [7, 11) is 0. The maximum Gasteiger partial charge on any atom is 0.191 e. The van der Waals surface area contributed by atoms with Crippen molar-refractivity contribution in [1.29, 1.82) is 0 Å². The van der Waals surface area contributed by atoms with Crippen LogP contribution < -0.4 is 16.6 Å². The van der Waals surface area contributed by atoms with Gasteiger partial charge in [0, 0.05) is 12.6 Å². The van der Waals surface area contributed by atoms with Gasteiger partial charge in [-0.3, -0.25) is 0 Å². The number of anilines is 2. The van der Waals surface area contributed by atoms with Crippen molar-refractivity contribution in [2.45, 2.75) is 11.3 Å². The van der Waals surface area contributed by atoms with Crippen molar-refractivity contribution in [2.75, 3.05) is 43.4 Å². The van der Waals surface area contributed by atoms with E-state index in [-0.39, 0.29) is 6.10 Å². The van der Waals surface area contributed by atoms with Crippen LogP contribution in [0.1, 0.15) is 0 Å². The van der Waals surface area contributed by atoms with Gasteiger partial charge in [0.25, 0.3) is 0 Å². The van der Waals surface area contributed by atoms with Crippen molar-refractivity contribution in [3.8, 4) is 0 Å². The molecule has 8 heteroatoms. The largest absolute Gasteiger partial charge is 0.376 e. The lowest BCUT2D eigenvalue weighted by Crippen LogP contribution is -2.34. The van der Waals surface area contributed by atoms with E-state index in [1.807, 2.05) is 6.26 Å². The van der Waals surface area contributed by atoms with Crippen molar-refractivity contribution in [3.63, 3.8) is 0 Å². The minimum absolute atomic E-state index is 0.0562. The SMILES string of the molecule is CSc1nc(NN)cc(NCC2COCCO2)n1. The molecule has 0 saturated carbocycles. The summed E-state index contributed by atoms with van der Waals surface area (Å²) in [5.41, 5.74) is 2.52. The maximum absolute atomic E-state index is 5.54. The quantitative estimate of drug-likeness (QED) is 0.305. The molecule has 0 aromatic carbocycles. The van der Waals surface area contributed by atoms with Gasteiger partial charge in [-0.25, -0.2) is 15.8 Å². The molecule has 2 heterocycles. The molecule has 1 saturated heterocycles. The highest BCUT2D eigenvalue weighted by atomic mass is 32.2. The molecule has 0 bridgehead atoms. The summed E-state index contributed by atoms with van der Waals surface area (Å²) >= 11 is 1.46. The number of hydrazine groups is 1. The zero-order chi connectivity index (χ0) is 12.8. The average molecular weight is 271 g/mol. The van der Waals surface area contributed by atoms with Gasteiger partial charge in [0.15, 0.2) is 5.16 Å². The summed E-state index contributed by atoms with van der Waals surface area (Å²) < 4.78 is 10.9. The number of nitrogens with zero attached hydrogens (tertiary/aromatic N) is 2. The predicted octanol–water partition coefficient (Wildman–Crippen LogP) is 0.311. The molecule has 100 valence electrons. The Balaban J connectivity index is 1.94. The van der Waals surface area contributed by atoms with E-state index in [4.69, 9.17) is 15.3 Å². The Hall–Kier alpha value is -1.09. The van der Waals surface area contributed by atoms with E-state index in [1.165, 1.54) is 11.8 Å². The predicted molar refractivity (Wildman–Crippen MR) is 70.7 cm³/mol. The first-order valence-corrected chi connectivity index (χ1v) is 6.87. The lowest BCUT2D eigenvalue weighted by Gasteiger charge is -2.23. The summed E-state index contributed by atoms with van der Waals surface area (Å²) in [6, 6.07) is 1.75. The zero-order valence-corrected chi connectivity index (χ0v) is 11.0. The number of nitrogen functional groups attached to an aromatic ring is 1. The molecular formula is C10H17N5O2S. The smallest absolute Gasteiger partial charge is 0.191 e. The van der Waals surface area contributed by atoms with Crippen LogP contribution in [0.25, 0.3) is 0 Å². The minimum atomic E-state index is 0.0562. The van der Waals surface area contributed by atoms with Crippen molar-refractivity contribution >= 4 is 23.4 Å². The topological polar surface area (TPSA) is 94.3 Å². The fourth-order valence-corrected chi connectivity index (χ4v) is 1.93. The second-order valence-electron chi connectivity index (χ2n) is 3.72. The monoisotopic (exact) mass is 271 g/mol. The molecule has 7 nitrogen and oxygen atoms in total. The van der Waals surface area contributed by atoms with E-state index < -0.39 is 0 Å². The first kappa shape index (κ1) is 13.3. The van der Waals surface area contributed by atoms with Gasteiger partial charge < -0.3 is 20.2 Å². The molecule has 1 aromatic heterocycles. The minimum Gasteiger partial charge on any atom is -0.376 e. The average Bonchev–Trinajstić information content (AvgIpc) is 2.45. The first-order valence-electron chi connectivity index (χ1n) is 5.64. The first-order chi connectivity index (χ1) is 8.81. The van der Waals surface area contributed by atoms with Crippen molar-refractivity contribution in [2.24, 2.45) is 5.84 Å². The zero-order valence-electron chi connectivity index (χ0n) is 10.2. The van der Waals surface area contributed by atoms with E-state index in [0.717, 1.165) is 5.82 Å². The Bertz CT molecular complexity index is 364. The van der Waals surface area contributed by atoms with Gasteiger partial charge in [0.05, 0.1) is 25.9 Å². The van der Waals surface area contributed by atoms with Crippen LogP contribution in [0.3, 0.4) is 0 Å². The number of aromatic nitrogens is 2. The number of nitrogens with one attached hydrogen (secondary N) is 2. The lowest BCUT2D eigenvalue weighted by atomic mass is 10.3. The van der Waals surface area contributed by atoms with Crippen LogP contribution in [0.15, 0.2) is 11.2 Å². The van der Waals surface area contributed by atoms with Crippen molar-refractivity contribution in [1.82, 2.24) is 9.97 Å². The van der Waals surface area contributed by atoms with E-state index >= 15 is 0 Å². The molecule has 0 spiro atoms. The van der Waals surface area contributed by atoms with Crippen LogP contribution in [0.4, 0.5) is 11.6 Å². The molecule has 0 radical (unpaired) electrons. The van der Waals surface area contributed by atoms with E-state index in [9.17, 15) is 0 Å². The highest BCUT2D eigenvalue weighted by molar-refractivity contribution is 7.98. The Labute approximate surface area is 110 Å². The molecule has 1 aromatic rings. The molecule has 4 N–H and O–H groups in total. The highest BCUT2D eigenvalue weighted by Gasteiger charge is 2.14. The van der Waals surface area contributed by atoms with Crippen LogP contribution in [0, 0.1) is 0 Å². The molecule has 0 aliphatic carbocycles. The number of nitrogens with two attached hydrogens (primary N) is 1. The fourth-order valence-electron chi connectivity index (χ4n) is 1.55. The Kier molecular flexibility index (Phi) is 5.00. The second kappa shape index (κ2) is 6.74. The van der Waals surface area contributed by atoms with Crippen molar-refractivity contribution < 1.29 is 9.47 Å². The van der Waals surface area contributed by atoms with Crippen LogP contribution in [0.5, 0.6) is 0 Å². The summed E-state index contributed by atoms with van der Waals surface area (Å²) in [6.07, 6.45) is 1.97. The van der Waals surface area contributed by atoms with Gasteiger partial charge >= 0.3 is 0 Å². The van der Waals surface area contributed by atoms with Gasteiger partial charge in [0.2, 0.25) is 0 Å². The summed E-state index contributed by atoms with van der Waals surface area (Å²) in [5, 5.41) is 3.86.